The van der Waals surface area contributed by atoms with Crippen LogP contribution >= 0.6 is 11.6 Å². The summed E-state index contributed by atoms with van der Waals surface area (Å²) in [4.78, 5) is 4.59. The molecule has 1 aromatic carbocycles. The number of halogens is 1. The molecule has 0 bridgehead atoms. The van der Waals surface area contributed by atoms with Gasteiger partial charge in [0.1, 0.15) is 0 Å². The molecule has 0 amide bonds. The van der Waals surface area contributed by atoms with Crippen LogP contribution in [0.2, 0.25) is 5.02 Å². The molecule has 0 aliphatic carbocycles. The first-order valence-corrected chi connectivity index (χ1v) is 5.42. The highest BCUT2D eigenvalue weighted by Gasteiger charge is 2.09. The average molecular weight is 220 g/mol. The zero-order valence-electron chi connectivity index (χ0n) is 9.48. The van der Waals surface area contributed by atoms with Crippen molar-refractivity contribution in [3.63, 3.8) is 0 Å². The van der Waals surface area contributed by atoms with E-state index >= 15 is 0 Å². The van der Waals surface area contributed by atoms with E-state index in [1.165, 1.54) is 11.1 Å². The lowest BCUT2D eigenvalue weighted by molar-refractivity contribution is 1.18. The summed E-state index contributed by atoms with van der Waals surface area (Å²) in [6.07, 6.45) is 0. The topological polar surface area (TPSA) is 12.9 Å². The molecule has 78 valence electrons. The molecule has 0 aliphatic rings. The number of aryl methyl sites for hydroxylation is 3. The summed E-state index contributed by atoms with van der Waals surface area (Å²) in [7, 11) is 0. The van der Waals surface area contributed by atoms with Crippen LogP contribution in [0, 0.1) is 27.7 Å². The van der Waals surface area contributed by atoms with Gasteiger partial charge in [-0.2, -0.15) is 0 Å². The summed E-state index contributed by atoms with van der Waals surface area (Å²) in [6, 6.07) is 4.24. The summed E-state index contributed by atoms with van der Waals surface area (Å²) < 4.78 is 0. The first-order valence-electron chi connectivity index (χ1n) is 5.04. The number of fused-ring (bicyclic) bond motifs is 1. The van der Waals surface area contributed by atoms with Gasteiger partial charge in [-0.25, -0.2) is 0 Å². The molecule has 0 atom stereocenters. The molecular formula is C13H14ClN. The monoisotopic (exact) mass is 219 g/mol. The fraction of sp³-hybridized carbons (Fsp3) is 0.308. The minimum atomic E-state index is 0.837. The molecule has 0 fully saturated rings. The largest absolute Gasteiger partial charge is 0.252 e. The second-order valence-corrected chi connectivity index (χ2v) is 4.49. The molecule has 0 N–H and O–H groups in total. The molecule has 0 spiro atoms. The third-order valence-corrected chi connectivity index (χ3v) is 3.32. The molecule has 1 aromatic heterocycles. The highest BCUT2D eigenvalue weighted by Crippen LogP contribution is 2.29. The van der Waals surface area contributed by atoms with Crippen LogP contribution in [0.5, 0.6) is 0 Å². The second kappa shape index (κ2) is 3.49. The van der Waals surface area contributed by atoms with Crippen LogP contribution in [0.15, 0.2) is 12.1 Å². The summed E-state index contributed by atoms with van der Waals surface area (Å²) in [5.41, 5.74) is 5.53. The Hall–Kier alpha value is -1.08. The summed E-state index contributed by atoms with van der Waals surface area (Å²) in [5.74, 6) is 0. The van der Waals surface area contributed by atoms with Gasteiger partial charge in [0.15, 0.2) is 0 Å². The third kappa shape index (κ3) is 1.61. The Morgan fingerprint density at radius 2 is 1.73 bits per heavy atom. The van der Waals surface area contributed by atoms with Gasteiger partial charge in [0.05, 0.1) is 10.5 Å². The number of rotatable bonds is 0. The van der Waals surface area contributed by atoms with Crippen LogP contribution in [0.4, 0.5) is 0 Å². The lowest BCUT2D eigenvalue weighted by atomic mass is 10.0. The van der Waals surface area contributed by atoms with E-state index in [1.807, 2.05) is 13.8 Å². The van der Waals surface area contributed by atoms with Crippen molar-refractivity contribution < 1.29 is 0 Å². The first-order chi connectivity index (χ1) is 7.00. The van der Waals surface area contributed by atoms with Gasteiger partial charge in [-0.05, 0) is 44.9 Å². The maximum Gasteiger partial charge on any atom is 0.0749 e. The molecule has 2 rings (SSSR count). The van der Waals surface area contributed by atoms with E-state index < -0.39 is 0 Å². The van der Waals surface area contributed by atoms with Gasteiger partial charge >= 0.3 is 0 Å². The van der Waals surface area contributed by atoms with Crippen LogP contribution in [0.1, 0.15) is 22.4 Å². The van der Waals surface area contributed by atoms with Gasteiger partial charge in [-0.15, -0.1) is 0 Å². The Morgan fingerprint density at radius 3 is 2.40 bits per heavy atom. The Bertz CT molecular complexity index is 544. The molecule has 0 radical (unpaired) electrons. The third-order valence-electron chi connectivity index (χ3n) is 2.83. The molecule has 0 saturated carbocycles. The summed E-state index contributed by atoms with van der Waals surface area (Å²) in [5, 5.41) is 1.90. The first kappa shape index (κ1) is 10.4. The maximum absolute atomic E-state index is 6.34. The van der Waals surface area contributed by atoms with E-state index in [9.17, 15) is 0 Å². The zero-order valence-corrected chi connectivity index (χ0v) is 10.2. The van der Waals surface area contributed by atoms with Crippen LogP contribution in [0.25, 0.3) is 10.9 Å². The van der Waals surface area contributed by atoms with E-state index in [0.717, 1.165) is 27.2 Å². The van der Waals surface area contributed by atoms with Crippen molar-refractivity contribution in [3.05, 3.63) is 39.5 Å². The van der Waals surface area contributed by atoms with Crippen LogP contribution in [-0.2, 0) is 0 Å². The molecular weight excluding hydrogens is 206 g/mol. The van der Waals surface area contributed by atoms with Crippen molar-refractivity contribution in [1.29, 1.82) is 0 Å². The van der Waals surface area contributed by atoms with E-state index in [0.29, 0.717) is 0 Å². The number of aromatic nitrogens is 1. The Kier molecular flexibility index (Phi) is 2.43. The molecule has 2 heteroatoms. The predicted octanol–water partition coefficient (Wildman–Crippen LogP) is 4.12. The van der Waals surface area contributed by atoms with E-state index in [1.54, 1.807) is 0 Å². The summed E-state index contributed by atoms with van der Waals surface area (Å²) in [6.45, 7) is 8.17. The molecule has 0 saturated heterocycles. The predicted molar refractivity (Wildman–Crippen MR) is 65.7 cm³/mol. The molecule has 2 aromatic rings. The molecule has 1 nitrogen and oxygen atoms in total. The Labute approximate surface area is 95.1 Å². The van der Waals surface area contributed by atoms with Gasteiger partial charge in [0.25, 0.3) is 0 Å². The minimum absolute atomic E-state index is 0.837. The van der Waals surface area contributed by atoms with Gasteiger partial charge < -0.3 is 0 Å². The number of benzene rings is 1. The van der Waals surface area contributed by atoms with Crippen LogP contribution in [0.3, 0.4) is 0 Å². The van der Waals surface area contributed by atoms with Gasteiger partial charge in [-0.3, -0.25) is 4.98 Å². The Balaban J connectivity index is 2.98. The van der Waals surface area contributed by atoms with Crippen LogP contribution < -0.4 is 0 Å². The minimum Gasteiger partial charge on any atom is -0.252 e. The molecule has 1 heterocycles. The fourth-order valence-electron chi connectivity index (χ4n) is 1.89. The standard InChI is InChI=1S/C13H14ClN/c1-7-5-8(2)13-11(6-7)12(14)9(3)10(4)15-13/h5-6H,1-4H3. The quantitative estimate of drug-likeness (QED) is 0.650. The lowest BCUT2D eigenvalue weighted by Crippen LogP contribution is -1.93. The lowest BCUT2D eigenvalue weighted by Gasteiger charge is -2.09. The highest BCUT2D eigenvalue weighted by molar-refractivity contribution is 6.36. The number of nitrogens with zero attached hydrogens (tertiary/aromatic N) is 1. The van der Waals surface area contributed by atoms with E-state index in [2.05, 4.69) is 31.0 Å². The highest BCUT2D eigenvalue weighted by atomic mass is 35.5. The maximum atomic E-state index is 6.34. The number of hydrogen-bond donors (Lipinski definition) is 0. The van der Waals surface area contributed by atoms with Crippen molar-refractivity contribution in [2.75, 3.05) is 0 Å². The summed E-state index contributed by atoms with van der Waals surface area (Å²) >= 11 is 6.34. The number of hydrogen-bond acceptors (Lipinski definition) is 1. The zero-order chi connectivity index (χ0) is 11.2. The van der Waals surface area contributed by atoms with Crippen molar-refractivity contribution in [1.82, 2.24) is 4.98 Å². The smallest absolute Gasteiger partial charge is 0.0749 e. The molecule has 0 unspecified atom stereocenters. The van der Waals surface area contributed by atoms with Gasteiger partial charge in [0, 0.05) is 11.1 Å². The van der Waals surface area contributed by atoms with Crippen molar-refractivity contribution in [2.24, 2.45) is 0 Å². The number of pyridine rings is 1. The fourth-order valence-corrected chi connectivity index (χ4v) is 2.17. The normalized spacial score (nSPS) is 11.0. The van der Waals surface area contributed by atoms with Crippen LogP contribution in [-0.4, -0.2) is 4.98 Å². The van der Waals surface area contributed by atoms with Crippen molar-refractivity contribution in [3.8, 4) is 0 Å². The van der Waals surface area contributed by atoms with E-state index in [-0.39, 0.29) is 0 Å². The van der Waals surface area contributed by atoms with Gasteiger partial charge in [0.2, 0.25) is 0 Å². The van der Waals surface area contributed by atoms with Crippen molar-refractivity contribution in [2.45, 2.75) is 27.7 Å². The average Bonchev–Trinajstić information content (AvgIpc) is 2.17. The van der Waals surface area contributed by atoms with Gasteiger partial charge in [-0.1, -0.05) is 23.2 Å². The van der Waals surface area contributed by atoms with E-state index in [4.69, 9.17) is 11.6 Å². The molecule has 0 aliphatic heterocycles. The second-order valence-electron chi connectivity index (χ2n) is 4.11. The Morgan fingerprint density at radius 1 is 1.07 bits per heavy atom. The van der Waals surface area contributed by atoms with Crippen molar-refractivity contribution >= 4 is 22.5 Å². The molecule has 15 heavy (non-hydrogen) atoms. The SMILES string of the molecule is Cc1cc(C)c2nc(C)c(C)c(Cl)c2c1.